The molecule has 0 aliphatic heterocycles. The summed E-state index contributed by atoms with van der Waals surface area (Å²) in [5, 5.41) is 3.42. The zero-order valence-electron chi connectivity index (χ0n) is 9.38. The third kappa shape index (κ3) is 1.74. The molecule has 1 N–H and O–H groups in total. The molecule has 2 aliphatic carbocycles. The lowest BCUT2D eigenvalue weighted by atomic mass is 9.83. The maximum atomic E-state index is 3.42. The van der Waals surface area contributed by atoms with Gasteiger partial charge in [0, 0.05) is 15.8 Å². The molecular formula is C13H19NS. The predicted octanol–water partition coefficient (Wildman–Crippen LogP) is 3.09. The van der Waals surface area contributed by atoms with Crippen LogP contribution in [0.5, 0.6) is 0 Å². The summed E-state index contributed by atoms with van der Waals surface area (Å²) in [4.78, 5) is 3.37. The van der Waals surface area contributed by atoms with Crippen LogP contribution in [0.3, 0.4) is 0 Å². The van der Waals surface area contributed by atoms with E-state index in [1.807, 2.05) is 0 Å². The van der Waals surface area contributed by atoms with Gasteiger partial charge in [0.2, 0.25) is 0 Å². The van der Waals surface area contributed by atoms with Crippen LogP contribution in [-0.4, -0.2) is 13.1 Å². The van der Waals surface area contributed by atoms with Gasteiger partial charge in [-0.1, -0.05) is 6.42 Å². The molecule has 1 saturated carbocycles. The van der Waals surface area contributed by atoms with Crippen molar-refractivity contribution in [3.8, 4) is 0 Å². The lowest BCUT2D eigenvalue weighted by Crippen LogP contribution is -2.30. The van der Waals surface area contributed by atoms with E-state index in [4.69, 9.17) is 0 Å². The Morgan fingerprint density at radius 1 is 1.33 bits per heavy atom. The molecule has 0 bridgehead atoms. The fraction of sp³-hybridized carbons (Fsp3) is 0.692. The monoisotopic (exact) mass is 221 g/mol. The van der Waals surface area contributed by atoms with Crippen molar-refractivity contribution in [2.24, 2.45) is 0 Å². The largest absolute Gasteiger partial charge is 0.317 e. The first-order valence-corrected chi connectivity index (χ1v) is 6.97. The normalized spacial score (nSPS) is 26.1. The van der Waals surface area contributed by atoms with Crippen molar-refractivity contribution in [3.05, 3.63) is 21.4 Å². The van der Waals surface area contributed by atoms with Crippen molar-refractivity contribution in [3.63, 3.8) is 0 Å². The Hall–Kier alpha value is -0.340. The number of rotatable bonds is 2. The van der Waals surface area contributed by atoms with Crippen LogP contribution in [0.1, 0.15) is 46.9 Å². The van der Waals surface area contributed by atoms with Gasteiger partial charge in [-0.2, -0.15) is 0 Å². The molecule has 82 valence electrons. The first-order valence-electron chi connectivity index (χ1n) is 6.15. The number of aryl methyl sites for hydroxylation is 1. The van der Waals surface area contributed by atoms with Crippen molar-refractivity contribution in [1.82, 2.24) is 5.32 Å². The molecule has 1 atom stereocenters. The summed E-state index contributed by atoms with van der Waals surface area (Å²) >= 11 is 2.10. The SMILES string of the molecule is CNC1CCc2sc(C3CCC3)cc2C1. The van der Waals surface area contributed by atoms with Gasteiger partial charge in [0.05, 0.1) is 0 Å². The summed E-state index contributed by atoms with van der Waals surface area (Å²) in [5.41, 5.74) is 1.65. The van der Waals surface area contributed by atoms with E-state index < -0.39 is 0 Å². The second kappa shape index (κ2) is 3.91. The maximum absolute atomic E-state index is 3.42. The molecule has 0 radical (unpaired) electrons. The van der Waals surface area contributed by atoms with Crippen LogP contribution >= 0.6 is 11.3 Å². The van der Waals surface area contributed by atoms with Gasteiger partial charge in [0.25, 0.3) is 0 Å². The Morgan fingerprint density at radius 2 is 2.20 bits per heavy atom. The Kier molecular flexibility index (Phi) is 2.57. The highest BCUT2D eigenvalue weighted by Gasteiger charge is 2.25. The average molecular weight is 221 g/mol. The molecule has 1 nitrogen and oxygen atoms in total. The second-order valence-corrected chi connectivity index (χ2v) is 6.12. The van der Waals surface area contributed by atoms with Crippen molar-refractivity contribution >= 4 is 11.3 Å². The third-order valence-electron chi connectivity index (χ3n) is 4.02. The molecule has 3 rings (SSSR count). The van der Waals surface area contributed by atoms with Gasteiger partial charge in [0.1, 0.15) is 0 Å². The zero-order valence-corrected chi connectivity index (χ0v) is 10.2. The summed E-state index contributed by atoms with van der Waals surface area (Å²) in [6.07, 6.45) is 8.22. The molecule has 1 fully saturated rings. The number of nitrogens with one attached hydrogen (secondary N) is 1. The van der Waals surface area contributed by atoms with Crippen LogP contribution in [0.15, 0.2) is 6.07 Å². The molecule has 1 aromatic rings. The van der Waals surface area contributed by atoms with Gasteiger partial charge in [-0.3, -0.25) is 0 Å². The fourth-order valence-corrected chi connectivity index (χ4v) is 4.07. The molecule has 1 unspecified atom stereocenters. The number of hydrogen-bond donors (Lipinski definition) is 1. The molecule has 0 amide bonds. The van der Waals surface area contributed by atoms with Gasteiger partial charge < -0.3 is 5.32 Å². The Bertz CT molecular complexity index is 351. The van der Waals surface area contributed by atoms with Crippen LogP contribution in [0.25, 0.3) is 0 Å². The molecular weight excluding hydrogens is 202 g/mol. The highest BCUT2D eigenvalue weighted by Crippen LogP contribution is 2.42. The van der Waals surface area contributed by atoms with Gasteiger partial charge in [-0.15, -0.1) is 11.3 Å². The standard InChI is InChI=1S/C13H19NS/c1-14-11-5-6-12-10(7-11)8-13(15-12)9-3-2-4-9/h8-9,11,14H,2-7H2,1H3. The highest BCUT2D eigenvalue weighted by atomic mass is 32.1. The smallest absolute Gasteiger partial charge is 0.0108 e. The van der Waals surface area contributed by atoms with E-state index in [0.717, 1.165) is 12.0 Å². The van der Waals surface area contributed by atoms with Gasteiger partial charge in [-0.05, 0) is 56.7 Å². The molecule has 15 heavy (non-hydrogen) atoms. The van der Waals surface area contributed by atoms with Crippen LogP contribution in [0.2, 0.25) is 0 Å². The highest BCUT2D eigenvalue weighted by molar-refractivity contribution is 7.12. The quantitative estimate of drug-likeness (QED) is 0.809. The van der Waals surface area contributed by atoms with E-state index in [2.05, 4.69) is 29.8 Å². The van der Waals surface area contributed by atoms with E-state index >= 15 is 0 Å². The minimum Gasteiger partial charge on any atom is -0.317 e. The summed E-state index contributed by atoms with van der Waals surface area (Å²) in [5.74, 6) is 0.925. The van der Waals surface area contributed by atoms with E-state index in [9.17, 15) is 0 Å². The summed E-state index contributed by atoms with van der Waals surface area (Å²) in [6, 6.07) is 3.23. The first kappa shape index (κ1) is 9.86. The Balaban J connectivity index is 1.81. The lowest BCUT2D eigenvalue weighted by molar-refractivity contribution is 0.425. The van der Waals surface area contributed by atoms with Gasteiger partial charge in [-0.25, -0.2) is 0 Å². The van der Waals surface area contributed by atoms with E-state index in [0.29, 0.717) is 0 Å². The van der Waals surface area contributed by atoms with E-state index in [-0.39, 0.29) is 0 Å². The summed E-state index contributed by atoms with van der Waals surface area (Å²) < 4.78 is 0. The molecule has 0 spiro atoms. The first-order chi connectivity index (χ1) is 7.36. The van der Waals surface area contributed by atoms with Gasteiger partial charge in [0.15, 0.2) is 0 Å². The number of thiophene rings is 1. The van der Waals surface area contributed by atoms with E-state index in [1.54, 1.807) is 15.3 Å². The summed E-state index contributed by atoms with van der Waals surface area (Å²) in [6.45, 7) is 0. The minimum absolute atomic E-state index is 0.723. The van der Waals surface area contributed by atoms with Crippen molar-refractivity contribution < 1.29 is 0 Å². The van der Waals surface area contributed by atoms with Crippen molar-refractivity contribution in [1.29, 1.82) is 0 Å². The molecule has 2 heteroatoms. The average Bonchev–Trinajstić information content (AvgIpc) is 2.56. The van der Waals surface area contributed by atoms with Crippen LogP contribution in [0.4, 0.5) is 0 Å². The third-order valence-corrected chi connectivity index (χ3v) is 5.42. The number of hydrogen-bond acceptors (Lipinski definition) is 2. The molecule has 1 aromatic heterocycles. The molecule has 0 saturated heterocycles. The van der Waals surface area contributed by atoms with Crippen molar-refractivity contribution in [2.45, 2.75) is 50.5 Å². The number of likely N-dealkylation sites (N-methyl/N-ethyl adjacent to an activating group) is 1. The van der Waals surface area contributed by atoms with Crippen LogP contribution in [0, 0.1) is 0 Å². The topological polar surface area (TPSA) is 12.0 Å². The Labute approximate surface area is 95.9 Å². The van der Waals surface area contributed by atoms with Crippen LogP contribution in [-0.2, 0) is 12.8 Å². The summed E-state index contributed by atoms with van der Waals surface area (Å²) in [7, 11) is 2.09. The Morgan fingerprint density at radius 3 is 2.87 bits per heavy atom. The maximum Gasteiger partial charge on any atom is 0.0108 e. The van der Waals surface area contributed by atoms with E-state index in [1.165, 1.54) is 38.5 Å². The molecule has 2 aliphatic rings. The number of fused-ring (bicyclic) bond motifs is 1. The molecule has 0 aromatic carbocycles. The fourth-order valence-electron chi connectivity index (χ4n) is 2.69. The lowest BCUT2D eigenvalue weighted by Gasteiger charge is -2.23. The van der Waals surface area contributed by atoms with Crippen LogP contribution < -0.4 is 5.32 Å². The predicted molar refractivity (Wildman–Crippen MR) is 65.8 cm³/mol. The second-order valence-electron chi connectivity index (χ2n) is 4.95. The van der Waals surface area contributed by atoms with Crippen molar-refractivity contribution in [2.75, 3.05) is 7.05 Å². The van der Waals surface area contributed by atoms with Gasteiger partial charge >= 0.3 is 0 Å². The zero-order chi connectivity index (χ0) is 10.3. The minimum atomic E-state index is 0.723. The molecule has 1 heterocycles.